The Balaban J connectivity index is 0.00000288. The van der Waals surface area contributed by atoms with E-state index in [0.29, 0.717) is 37.1 Å². The van der Waals surface area contributed by atoms with Gasteiger partial charge in [-0.25, -0.2) is 4.98 Å². The van der Waals surface area contributed by atoms with Crippen LogP contribution in [0.25, 0.3) is 10.9 Å². The lowest BCUT2D eigenvalue weighted by molar-refractivity contribution is -0.121. The van der Waals surface area contributed by atoms with E-state index in [4.69, 9.17) is 4.74 Å². The van der Waals surface area contributed by atoms with Crippen molar-refractivity contribution in [3.8, 4) is 0 Å². The van der Waals surface area contributed by atoms with Gasteiger partial charge in [-0.15, -0.1) is 12.4 Å². The number of nitrogens with one attached hydrogen (secondary N) is 2. The second kappa shape index (κ2) is 10.7. The Hall–Kier alpha value is -1.96. The Bertz CT molecular complexity index is 705. The number of hydrogen-bond donors (Lipinski definition) is 2. The van der Waals surface area contributed by atoms with Gasteiger partial charge >= 0.3 is 0 Å². The minimum Gasteiger partial charge on any atom is -0.383 e. The highest BCUT2D eigenvalue weighted by atomic mass is 35.5. The number of benzene rings is 1. The molecule has 0 saturated heterocycles. The fraction of sp³-hybridized carbons (Fsp3) is 0.438. The minimum absolute atomic E-state index is 0. The lowest BCUT2D eigenvalue weighted by Crippen LogP contribution is -2.34. The summed E-state index contributed by atoms with van der Waals surface area (Å²) in [5.41, 5.74) is 0.546. The number of fused-ring (bicyclic) bond motifs is 1. The van der Waals surface area contributed by atoms with Crippen molar-refractivity contribution >= 4 is 29.2 Å². The normalized spacial score (nSPS) is 10.4. The third kappa shape index (κ3) is 5.92. The molecule has 0 aliphatic rings. The molecule has 1 heterocycles. The van der Waals surface area contributed by atoms with Crippen LogP contribution in [0.3, 0.4) is 0 Å². The highest BCUT2D eigenvalue weighted by Gasteiger charge is 2.06. The van der Waals surface area contributed by atoms with Crippen molar-refractivity contribution in [2.75, 3.05) is 33.4 Å². The van der Waals surface area contributed by atoms with Crippen molar-refractivity contribution in [1.82, 2.24) is 20.2 Å². The van der Waals surface area contributed by atoms with E-state index in [1.807, 2.05) is 6.07 Å². The average molecular weight is 355 g/mol. The summed E-state index contributed by atoms with van der Waals surface area (Å²) >= 11 is 0. The van der Waals surface area contributed by atoms with Gasteiger partial charge in [0.25, 0.3) is 5.56 Å². The fourth-order valence-electron chi connectivity index (χ4n) is 2.17. The van der Waals surface area contributed by atoms with Crippen molar-refractivity contribution < 1.29 is 9.53 Å². The van der Waals surface area contributed by atoms with E-state index >= 15 is 0 Å². The standard InChI is InChI=1S/C16H22N4O3.ClH/c1-23-11-9-17-7-8-18-15(21)6-10-20-12-19-14-5-3-2-4-13(14)16(20)22;/h2-5,12,17H,6-11H2,1H3,(H,18,21);1H. The molecule has 0 radical (unpaired) electrons. The second-order valence-corrected chi connectivity index (χ2v) is 5.10. The quantitative estimate of drug-likeness (QED) is 0.643. The first-order valence-electron chi connectivity index (χ1n) is 7.63. The van der Waals surface area contributed by atoms with Gasteiger partial charge in [-0.05, 0) is 12.1 Å². The second-order valence-electron chi connectivity index (χ2n) is 5.10. The molecule has 2 N–H and O–H groups in total. The van der Waals surface area contributed by atoms with Crippen molar-refractivity contribution in [3.63, 3.8) is 0 Å². The Kier molecular flexibility index (Phi) is 8.99. The summed E-state index contributed by atoms with van der Waals surface area (Å²) in [5, 5.41) is 6.52. The van der Waals surface area contributed by atoms with Crippen LogP contribution in [0.2, 0.25) is 0 Å². The van der Waals surface area contributed by atoms with Crippen LogP contribution >= 0.6 is 12.4 Å². The van der Waals surface area contributed by atoms with Gasteiger partial charge in [-0.3, -0.25) is 14.2 Å². The molecule has 0 fully saturated rings. The Morgan fingerprint density at radius 3 is 2.83 bits per heavy atom. The predicted octanol–water partition coefficient (Wildman–Crippen LogP) is 0.561. The Morgan fingerprint density at radius 2 is 2.04 bits per heavy atom. The van der Waals surface area contributed by atoms with Crippen molar-refractivity contribution in [1.29, 1.82) is 0 Å². The number of halogens is 1. The van der Waals surface area contributed by atoms with E-state index in [-0.39, 0.29) is 30.3 Å². The lowest BCUT2D eigenvalue weighted by Gasteiger charge is -2.08. The van der Waals surface area contributed by atoms with Gasteiger partial charge < -0.3 is 15.4 Å². The number of carbonyl (C=O) groups is 1. The van der Waals surface area contributed by atoms with E-state index in [1.54, 1.807) is 25.3 Å². The van der Waals surface area contributed by atoms with E-state index in [2.05, 4.69) is 15.6 Å². The molecule has 0 unspecified atom stereocenters. The molecule has 0 saturated carbocycles. The molecule has 1 amide bonds. The molecule has 7 nitrogen and oxygen atoms in total. The molecule has 0 spiro atoms. The molecular weight excluding hydrogens is 332 g/mol. The molecule has 0 atom stereocenters. The Morgan fingerprint density at radius 1 is 1.25 bits per heavy atom. The molecule has 2 aromatic rings. The van der Waals surface area contributed by atoms with E-state index in [1.165, 1.54) is 10.9 Å². The van der Waals surface area contributed by atoms with Gasteiger partial charge in [0.15, 0.2) is 0 Å². The third-order valence-electron chi connectivity index (χ3n) is 3.42. The van der Waals surface area contributed by atoms with Gasteiger partial charge in [0.2, 0.25) is 5.91 Å². The number of nitrogens with zero attached hydrogens (tertiary/aromatic N) is 2. The molecule has 1 aromatic carbocycles. The first-order chi connectivity index (χ1) is 11.2. The number of rotatable bonds is 9. The monoisotopic (exact) mass is 354 g/mol. The zero-order chi connectivity index (χ0) is 16.5. The van der Waals surface area contributed by atoms with Crippen molar-refractivity contribution in [2.24, 2.45) is 0 Å². The molecule has 0 aliphatic carbocycles. The van der Waals surface area contributed by atoms with E-state index in [0.717, 1.165) is 6.54 Å². The van der Waals surface area contributed by atoms with Crippen LogP contribution < -0.4 is 16.2 Å². The van der Waals surface area contributed by atoms with Gasteiger partial charge in [0.1, 0.15) is 0 Å². The van der Waals surface area contributed by atoms with E-state index < -0.39 is 0 Å². The van der Waals surface area contributed by atoms with Gasteiger partial charge in [0.05, 0.1) is 23.8 Å². The van der Waals surface area contributed by atoms with Gasteiger partial charge in [0, 0.05) is 39.7 Å². The number of aryl methyl sites for hydroxylation is 1. The molecule has 2 rings (SSSR count). The number of ether oxygens (including phenoxy) is 1. The zero-order valence-corrected chi connectivity index (χ0v) is 14.5. The maximum Gasteiger partial charge on any atom is 0.261 e. The maximum atomic E-state index is 12.3. The number of para-hydroxylation sites is 1. The summed E-state index contributed by atoms with van der Waals surface area (Å²) in [5.74, 6) is -0.0846. The number of methoxy groups -OCH3 is 1. The highest BCUT2D eigenvalue weighted by Crippen LogP contribution is 2.04. The average Bonchev–Trinajstić information content (AvgIpc) is 2.57. The fourth-order valence-corrected chi connectivity index (χ4v) is 2.17. The molecule has 1 aromatic heterocycles. The predicted molar refractivity (Wildman–Crippen MR) is 95.6 cm³/mol. The molecule has 24 heavy (non-hydrogen) atoms. The van der Waals surface area contributed by atoms with Crippen LogP contribution in [-0.2, 0) is 16.1 Å². The molecule has 132 valence electrons. The van der Waals surface area contributed by atoms with Crippen LogP contribution in [0.1, 0.15) is 6.42 Å². The maximum absolute atomic E-state index is 12.3. The SMILES string of the molecule is COCCNCCNC(=O)CCn1cnc2ccccc2c1=O.Cl. The highest BCUT2D eigenvalue weighted by molar-refractivity contribution is 5.85. The molecule has 0 aliphatic heterocycles. The van der Waals surface area contributed by atoms with Gasteiger partial charge in [-0.1, -0.05) is 12.1 Å². The van der Waals surface area contributed by atoms with Gasteiger partial charge in [-0.2, -0.15) is 0 Å². The first-order valence-corrected chi connectivity index (χ1v) is 7.63. The molecule has 0 bridgehead atoms. The summed E-state index contributed by atoms with van der Waals surface area (Å²) < 4.78 is 6.38. The van der Waals surface area contributed by atoms with Crippen LogP contribution in [0.4, 0.5) is 0 Å². The molecular formula is C16H23ClN4O3. The lowest BCUT2D eigenvalue weighted by atomic mass is 10.2. The smallest absolute Gasteiger partial charge is 0.261 e. The zero-order valence-electron chi connectivity index (χ0n) is 13.7. The Labute approximate surface area is 146 Å². The third-order valence-corrected chi connectivity index (χ3v) is 3.42. The minimum atomic E-state index is -0.121. The summed E-state index contributed by atoms with van der Waals surface area (Å²) in [6.45, 7) is 2.95. The largest absolute Gasteiger partial charge is 0.383 e. The van der Waals surface area contributed by atoms with Crippen LogP contribution in [0.15, 0.2) is 35.4 Å². The first kappa shape index (κ1) is 20.1. The van der Waals surface area contributed by atoms with E-state index in [9.17, 15) is 9.59 Å². The summed E-state index contributed by atoms with van der Waals surface area (Å²) in [4.78, 5) is 28.3. The summed E-state index contributed by atoms with van der Waals surface area (Å²) in [6.07, 6.45) is 1.74. The summed E-state index contributed by atoms with van der Waals surface area (Å²) in [7, 11) is 1.65. The van der Waals surface area contributed by atoms with Crippen molar-refractivity contribution in [2.45, 2.75) is 13.0 Å². The number of aromatic nitrogens is 2. The van der Waals surface area contributed by atoms with Crippen LogP contribution in [0.5, 0.6) is 0 Å². The van der Waals surface area contributed by atoms with Crippen LogP contribution in [0, 0.1) is 0 Å². The van der Waals surface area contributed by atoms with Crippen LogP contribution in [-0.4, -0.2) is 48.8 Å². The number of amides is 1. The topological polar surface area (TPSA) is 85.2 Å². The van der Waals surface area contributed by atoms with Crippen molar-refractivity contribution in [3.05, 3.63) is 40.9 Å². The number of carbonyl (C=O) groups excluding carboxylic acids is 1. The number of hydrogen-bond acceptors (Lipinski definition) is 5. The molecule has 8 heteroatoms. The summed E-state index contributed by atoms with van der Waals surface area (Å²) in [6, 6.07) is 7.18.